The lowest BCUT2D eigenvalue weighted by Crippen LogP contribution is -2.47. The zero-order valence-corrected chi connectivity index (χ0v) is 31.0. The van der Waals surface area contributed by atoms with Gasteiger partial charge >= 0.3 is 0 Å². The van der Waals surface area contributed by atoms with Crippen molar-refractivity contribution in [3.63, 3.8) is 0 Å². The van der Waals surface area contributed by atoms with E-state index in [9.17, 15) is 14.4 Å². The summed E-state index contributed by atoms with van der Waals surface area (Å²) in [6.45, 7) is 7.42. The van der Waals surface area contributed by atoms with E-state index >= 15 is 0 Å². The molecule has 0 bridgehead atoms. The molecule has 1 fully saturated rings. The molecule has 5 rings (SSSR count). The lowest BCUT2D eigenvalue weighted by molar-refractivity contribution is -0.132. The molecule has 1 saturated heterocycles. The maximum atomic E-state index is 13.9. The number of likely N-dealkylation sites (N-methyl/N-ethyl adjacent to an activating group) is 1. The van der Waals surface area contributed by atoms with Gasteiger partial charge in [0.15, 0.2) is 0 Å². The molecular weight excluding hydrogens is 693 g/mol. The molecule has 0 saturated carbocycles. The Balaban J connectivity index is 0.00000351. The maximum Gasteiger partial charge on any atom is 0.258 e. The van der Waals surface area contributed by atoms with E-state index in [0.29, 0.717) is 53.4 Å². The number of piperazine rings is 1. The molecule has 3 amide bonds. The molecule has 0 spiro atoms. The van der Waals surface area contributed by atoms with Crippen molar-refractivity contribution >= 4 is 64.9 Å². The molecule has 272 valence electrons. The number of anilines is 2. The fraction of sp³-hybridized carbons (Fsp3) is 0.378. The van der Waals surface area contributed by atoms with Crippen LogP contribution >= 0.6 is 24.8 Å². The number of nitrogens with zero attached hydrogens (tertiary/aromatic N) is 4. The smallest absolute Gasteiger partial charge is 0.258 e. The minimum atomic E-state index is -0.478. The van der Waals surface area contributed by atoms with Gasteiger partial charge in [0.2, 0.25) is 5.91 Å². The summed E-state index contributed by atoms with van der Waals surface area (Å²) in [6.07, 6.45) is 2.82. The van der Waals surface area contributed by atoms with Gasteiger partial charge < -0.3 is 34.9 Å². The zero-order valence-electron chi connectivity index (χ0n) is 29.3. The number of methoxy groups -OCH3 is 1. The normalized spacial score (nSPS) is 12.6. The highest BCUT2D eigenvalue weighted by atomic mass is 35.5. The Kier molecular flexibility index (Phi) is 15.1. The summed E-state index contributed by atoms with van der Waals surface area (Å²) in [4.78, 5) is 51.9. The number of fused-ring (bicyclic) bond motifs is 1. The van der Waals surface area contributed by atoms with Crippen LogP contribution in [0.1, 0.15) is 63.4 Å². The van der Waals surface area contributed by atoms with Crippen LogP contribution in [0, 0.1) is 25.2 Å². The summed E-state index contributed by atoms with van der Waals surface area (Å²) < 4.78 is 12.2. The highest BCUT2D eigenvalue weighted by Crippen LogP contribution is 2.46. The van der Waals surface area contributed by atoms with E-state index in [1.54, 1.807) is 42.5 Å². The summed E-state index contributed by atoms with van der Waals surface area (Å²) in [7, 11) is 3.57. The van der Waals surface area contributed by atoms with Crippen molar-refractivity contribution in [1.82, 2.24) is 19.8 Å². The number of hydrogen-bond donors (Lipinski definition) is 3. The molecule has 0 unspecified atom stereocenters. The number of nitrogens with one attached hydrogen (secondary N) is 3. The minimum absolute atomic E-state index is 0. The number of ether oxygens (including phenoxy) is 2. The largest absolute Gasteiger partial charge is 0.494 e. The number of H-pyrrole nitrogens is 1. The number of imidazole rings is 1. The summed E-state index contributed by atoms with van der Waals surface area (Å²) in [5.41, 5.74) is 3.76. The van der Waals surface area contributed by atoms with E-state index in [-0.39, 0.29) is 60.0 Å². The number of hydrogen-bond acceptors (Lipinski definition) is 8. The van der Waals surface area contributed by atoms with E-state index < -0.39 is 5.91 Å². The Labute approximate surface area is 310 Å². The first-order valence-electron chi connectivity index (χ1n) is 16.5. The third-order valence-electron chi connectivity index (χ3n) is 8.86. The number of carbonyl (C=O) groups excluding carboxylic acids is 3. The molecule has 51 heavy (non-hydrogen) atoms. The summed E-state index contributed by atoms with van der Waals surface area (Å²) in [5, 5.41) is 15.1. The van der Waals surface area contributed by atoms with E-state index in [2.05, 4.69) is 38.6 Å². The third kappa shape index (κ3) is 9.70. The van der Waals surface area contributed by atoms with Crippen LogP contribution in [0.2, 0.25) is 0 Å². The molecular formula is C37H45Cl2N7O5. The molecule has 0 radical (unpaired) electrons. The third-order valence-corrected chi connectivity index (χ3v) is 8.86. The van der Waals surface area contributed by atoms with Gasteiger partial charge in [-0.2, -0.15) is 5.26 Å². The van der Waals surface area contributed by atoms with Crippen LogP contribution in [0.15, 0.2) is 48.5 Å². The fourth-order valence-corrected chi connectivity index (χ4v) is 5.94. The van der Waals surface area contributed by atoms with Crippen LogP contribution in [0.25, 0.3) is 11.0 Å². The number of para-hydroxylation sites is 1. The van der Waals surface area contributed by atoms with Gasteiger partial charge in [-0.1, -0.05) is 24.3 Å². The number of rotatable bonds is 13. The van der Waals surface area contributed by atoms with Gasteiger partial charge in [0, 0.05) is 38.2 Å². The molecule has 3 N–H and O–H groups in total. The molecule has 14 heteroatoms. The van der Waals surface area contributed by atoms with Gasteiger partial charge in [0.25, 0.3) is 11.8 Å². The lowest BCUT2D eigenvalue weighted by atomic mass is 10.0. The number of amides is 3. The first-order valence-corrected chi connectivity index (χ1v) is 16.5. The van der Waals surface area contributed by atoms with Crippen molar-refractivity contribution in [1.29, 1.82) is 5.26 Å². The molecule has 1 aliphatic heterocycles. The van der Waals surface area contributed by atoms with Gasteiger partial charge in [-0.15, -0.1) is 24.8 Å². The van der Waals surface area contributed by atoms with Crippen molar-refractivity contribution < 1.29 is 23.9 Å². The van der Waals surface area contributed by atoms with Crippen molar-refractivity contribution in [2.75, 3.05) is 57.6 Å². The summed E-state index contributed by atoms with van der Waals surface area (Å²) in [5.74, 6) is 0.576. The van der Waals surface area contributed by atoms with Gasteiger partial charge in [-0.3, -0.25) is 14.4 Å². The van der Waals surface area contributed by atoms with Crippen LogP contribution in [0.4, 0.5) is 11.4 Å². The summed E-state index contributed by atoms with van der Waals surface area (Å²) >= 11 is 0. The van der Waals surface area contributed by atoms with E-state index in [1.807, 2.05) is 24.8 Å². The average molecular weight is 739 g/mol. The monoisotopic (exact) mass is 737 g/mol. The quantitative estimate of drug-likeness (QED) is 0.135. The highest BCUT2D eigenvalue weighted by molar-refractivity contribution is 6.15. The molecule has 12 nitrogen and oxygen atoms in total. The average Bonchev–Trinajstić information content (AvgIpc) is 3.53. The summed E-state index contributed by atoms with van der Waals surface area (Å²) in [6, 6.07) is 16.0. The molecule has 1 aromatic heterocycles. The highest BCUT2D eigenvalue weighted by Gasteiger charge is 2.27. The Morgan fingerprint density at radius 3 is 2.24 bits per heavy atom. The second-order valence-corrected chi connectivity index (χ2v) is 12.2. The molecule has 3 aromatic carbocycles. The maximum absolute atomic E-state index is 13.9. The van der Waals surface area contributed by atoms with Gasteiger partial charge in [0.1, 0.15) is 34.2 Å². The Morgan fingerprint density at radius 2 is 1.55 bits per heavy atom. The predicted octanol–water partition coefficient (Wildman–Crippen LogP) is 6.32. The van der Waals surface area contributed by atoms with E-state index in [0.717, 1.165) is 50.1 Å². The lowest BCUT2D eigenvalue weighted by Gasteiger charge is -2.32. The topological polar surface area (TPSA) is 153 Å². The van der Waals surface area contributed by atoms with E-state index in [1.165, 1.54) is 7.11 Å². The fourth-order valence-electron chi connectivity index (χ4n) is 5.94. The number of aromatic amines is 1. The minimum Gasteiger partial charge on any atom is -0.494 e. The van der Waals surface area contributed by atoms with Gasteiger partial charge in [-0.05, 0) is 75.5 Å². The molecule has 0 aliphatic carbocycles. The molecule has 1 aliphatic rings. The van der Waals surface area contributed by atoms with Crippen LogP contribution < -0.4 is 20.1 Å². The first-order chi connectivity index (χ1) is 23.7. The second kappa shape index (κ2) is 19.0. The SMILES string of the molecule is COc1c(C)c(C)c(OCCCCCC(=O)N2CCN(C)CC2)c(NC(=O)c2ccccc2)c1NC(=O)c1cccc2[nH]c(CC#N)nc12.Cl.Cl. The van der Waals surface area contributed by atoms with Crippen molar-refractivity contribution in [2.24, 2.45) is 0 Å². The Bertz CT molecular complexity index is 1870. The first kappa shape index (κ1) is 40.6. The molecule has 2 heterocycles. The van der Waals surface area contributed by atoms with Crippen LogP contribution in [-0.4, -0.2) is 84.4 Å². The van der Waals surface area contributed by atoms with E-state index in [4.69, 9.17) is 14.7 Å². The predicted molar refractivity (Wildman–Crippen MR) is 203 cm³/mol. The Morgan fingerprint density at radius 1 is 0.882 bits per heavy atom. The van der Waals surface area contributed by atoms with Crippen molar-refractivity contribution in [2.45, 2.75) is 46.0 Å². The van der Waals surface area contributed by atoms with Crippen LogP contribution in [-0.2, 0) is 11.2 Å². The Hall–Kier alpha value is -4.83. The number of halogens is 2. The number of aromatic nitrogens is 2. The van der Waals surface area contributed by atoms with Crippen LogP contribution in [0.5, 0.6) is 11.5 Å². The zero-order chi connectivity index (χ0) is 34.9. The van der Waals surface area contributed by atoms with Crippen molar-refractivity contribution in [3.05, 3.63) is 76.6 Å². The van der Waals surface area contributed by atoms with Crippen LogP contribution in [0.3, 0.4) is 0 Å². The number of benzene rings is 3. The standard InChI is InChI=1S/C37H43N7O5.2ClH/c1-24-25(2)35(49-23-10-6-9-16-30(45)44-21-19-43(3)20-22-44)33(41-36(46)26-12-7-5-8-13-26)32(34(24)48-4)42-37(47)27-14-11-15-28-31(27)40-29(39-28)17-18-38;;/h5,7-8,11-15H,6,9-10,16-17,19-23H2,1-4H3,(H,39,40)(H,41,46)(H,42,47);2*1H. The second-order valence-electron chi connectivity index (χ2n) is 12.2. The number of nitriles is 1. The van der Waals surface area contributed by atoms with Crippen molar-refractivity contribution in [3.8, 4) is 17.6 Å². The van der Waals surface area contributed by atoms with Gasteiger partial charge in [0.05, 0.1) is 37.3 Å². The molecule has 4 aromatic rings. The number of carbonyl (C=O) groups is 3. The van der Waals surface area contributed by atoms with Gasteiger partial charge in [-0.25, -0.2) is 4.98 Å². The molecule has 0 atom stereocenters. The number of unbranched alkanes of at least 4 members (excludes halogenated alkanes) is 2.